The van der Waals surface area contributed by atoms with Crippen molar-refractivity contribution in [3.8, 4) is 0 Å². The van der Waals surface area contributed by atoms with Crippen LogP contribution in [0.3, 0.4) is 0 Å². The lowest BCUT2D eigenvalue weighted by Gasteiger charge is -2.15. The lowest BCUT2D eigenvalue weighted by Crippen LogP contribution is -2.35. The molecule has 5 nitrogen and oxygen atoms in total. The van der Waals surface area contributed by atoms with Crippen LogP contribution in [0.15, 0.2) is 53.4 Å². The summed E-state index contributed by atoms with van der Waals surface area (Å²) >= 11 is 5.75. The van der Waals surface area contributed by atoms with E-state index in [4.69, 9.17) is 17.3 Å². The summed E-state index contributed by atoms with van der Waals surface area (Å²) in [6, 6.07) is 13.2. The summed E-state index contributed by atoms with van der Waals surface area (Å²) < 4.78 is 24.5. The third-order valence-corrected chi connectivity index (χ3v) is 5.93. The van der Waals surface area contributed by atoms with Crippen molar-refractivity contribution in [1.29, 1.82) is 0 Å². The van der Waals surface area contributed by atoms with Crippen LogP contribution in [0.5, 0.6) is 0 Å². The molecule has 0 aliphatic carbocycles. The number of nitrogens with one attached hydrogen (secondary N) is 1. The minimum absolute atomic E-state index is 0.0608. The molecule has 2 rings (SSSR count). The van der Waals surface area contributed by atoms with Crippen molar-refractivity contribution in [2.24, 2.45) is 5.73 Å². The third kappa shape index (κ3) is 5.56. The Bertz CT molecular complexity index is 847. The van der Waals surface area contributed by atoms with Gasteiger partial charge in [0.1, 0.15) is 5.75 Å². The number of nitrogens with two attached hydrogens (primary N) is 1. The van der Waals surface area contributed by atoms with Gasteiger partial charge in [-0.2, -0.15) is 0 Å². The molecule has 0 spiro atoms. The largest absolute Gasteiger partial charge is 0.353 e. The Hall–Kier alpha value is -1.89. The highest BCUT2D eigenvalue weighted by atomic mass is 35.5. The predicted molar refractivity (Wildman–Crippen MR) is 104 cm³/mol. The minimum atomic E-state index is -3.72. The Morgan fingerprint density at radius 2 is 1.58 bits per heavy atom. The zero-order valence-electron chi connectivity index (χ0n) is 14.8. The predicted octanol–water partition coefficient (Wildman–Crippen LogP) is 3.05. The average Bonchev–Trinajstić information content (AvgIpc) is 2.59. The van der Waals surface area contributed by atoms with Crippen LogP contribution in [0.1, 0.15) is 36.9 Å². The smallest absolute Gasteiger partial charge is 0.235 e. The number of halogens is 1. The monoisotopic (exact) mass is 394 g/mol. The standard InChI is InChI=1S/C19H23ClN2O3S/c1-13(2)14-3-5-15(6-4-14)18(21)11-22-19(23)12-26(24,25)17-9-7-16(20)8-10-17/h3-10,13,18H,11-12,21H2,1-2H3,(H,22,23). The molecule has 7 heteroatoms. The average molecular weight is 395 g/mol. The molecule has 2 aromatic carbocycles. The van der Waals surface area contributed by atoms with E-state index in [0.717, 1.165) is 5.56 Å². The summed E-state index contributed by atoms with van der Waals surface area (Å²) in [7, 11) is -3.72. The van der Waals surface area contributed by atoms with Gasteiger partial charge in [0.2, 0.25) is 5.91 Å². The summed E-state index contributed by atoms with van der Waals surface area (Å²) in [5.74, 6) is -0.791. The van der Waals surface area contributed by atoms with Crippen LogP contribution in [0.4, 0.5) is 0 Å². The highest BCUT2D eigenvalue weighted by molar-refractivity contribution is 7.92. The van der Waals surface area contributed by atoms with Gasteiger partial charge in [-0.15, -0.1) is 0 Å². The lowest BCUT2D eigenvalue weighted by atomic mass is 9.99. The molecule has 0 aliphatic heterocycles. The second kappa shape index (κ2) is 8.66. The van der Waals surface area contributed by atoms with Gasteiger partial charge in [-0.25, -0.2) is 8.42 Å². The number of benzene rings is 2. The van der Waals surface area contributed by atoms with Crippen LogP contribution in [-0.2, 0) is 14.6 Å². The molecule has 140 valence electrons. The van der Waals surface area contributed by atoms with Crippen molar-refractivity contribution in [3.63, 3.8) is 0 Å². The number of sulfone groups is 1. The molecule has 0 radical (unpaired) electrons. The fourth-order valence-corrected chi connectivity index (χ4v) is 3.71. The molecular formula is C19H23ClN2O3S. The SMILES string of the molecule is CC(C)c1ccc(C(N)CNC(=O)CS(=O)(=O)c2ccc(Cl)cc2)cc1. The molecule has 2 aromatic rings. The summed E-state index contributed by atoms with van der Waals surface area (Å²) in [5.41, 5.74) is 8.17. The molecule has 0 saturated heterocycles. The highest BCUT2D eigenvalue weighted by Crippen LogP contribution is 2.18. The van der Waals surface area contributed by atoms with E-state index in [1.165, 1.54) is 29.8 Å². The Balaban J connectivity index is 1.92. The first-order valence-corrected chi connectivity index (χ1v) is 10.3. The molecule has 0 saturated carbocycles. The number of carbonyl (C=O) groups is 1. The van der Waals surface area contributed by atoms with Gasteiger partial charge in [0.25, 0.3) is 0 Å². The molecular weight excluding hydrogens is 372 g/mol. The molecule has 26 heavy (non-hydrogen) atoms. The first-order valence-electron chi connectivity index (χ1n) is 8.29. The van der Waals surface area contributed by atoms with Gasteiger partial charge in [-0.3, -0.25) is 4.79 Å². The zero-order chi connectivity index (χ0) is 19.3. The summed E-state index contributed by atoms with van der Waals surface area (Å²) in [6.07, 6.45) is 0. The fraction of sp³-hybridized carbons (Fsp3) is 0.316. The van der Waals surface area contributed by atoms with Crippen LogP contribution >= 0.6 is 11.6 Å². The van der Waals surface area contributed by atoms with Crippen LogP contribution in [0.25, 0.3) is 0 Å². The van der Waals surface area contributed by atoms with Gasteiger partial charge in [0.05, 0.1) is 4.90 Å². The van der Waals surface area contributed by atoms with E-state index < -0.39 is 27.5 Å². The van der Waals surface area contributed by atoms with Crippen molar-refractivity contribution < 1.29 is 13.2 Å². The second-order valence-electron chi connectivity index (χ2n) is 6.44. The molecule has 3 N–H and O–H groups in total. The van der Waals surface area contributed by atoms with Crippen molar-refractivity contribution in [2.45, 2.75) is 30.7 Å². The summed E-state index contributed by atoms with van der Waals surface area (Å²) in [4.78, 5) is 12.1. The Morgan fingerprint density at radius 1 is 1.04 bits per heavy atom. The number of hydrogen-bond acceptors (Lipinski definition) is 4. The van der Waals surface area contributed by atoms with Gasteiger partial charge in [-0.05, 0) is 41.3 Å². The van der Waals surface area contributed by atoms with E-state index in [1.807, 2.05) is 24.3 Å². The first kappa shape index (κ1) is 20.4. The molecule has 0 aliphatic rings. The van der Waals surface area contributed by atoms with Crippen LogP contribution < -0.4 is 11.1 Å². The van der Waals surface area contributed by atoms with E-state index in [0.29, 0.717) is 10.9 Å². The van der Waals surface area contributed by atoms with Crippen molar-refractivity contribution in [3.05, 3.63) is 64.7 Å². The van der Waals surface area contributed by atoms with Crippen LogP contribution in [0.2, 0.25) is 5.02 Å². The zero-order valence-corrected chi connectivity index (χ0v) is 16.3. The van der Waals surface area contributed by atoms with Gasteiger partial charge in [0, 0.05) is 17.6 Å². The van der Waals surface area contributed by atoms with E-state index in [2.05, 4.69) is 19.2 Å². The Morgan fingerprint density at radius 3 is 2.12 bits per heavy atom. The number of rotatable bonds is 7. The lowest BCUT2D eigenvalue weighted by molar-refractivity contribution is -0.118. The van der Waals surface area contributed by atoms with Crippen LogP contribution in [0, 0.1) is 0 Å². The molecule has 0 bridgehead atoms. The Labute approximate surface area is 159 Å². The number of carbonyl (C=O) groups excluding carboxylic acids is 1. The quantitative estimate of drug-likeness (QED) is 0.755. The molecule has 0 aromatic heterocycles. The van der Waals surface area contributed by atoms with Crippen molar-refractivity contribution in [2.75, 3.05) is 12.3 Å². The topological polar surface area (TPSA) is 89.3 Å². The van der Waals surface area contributed by atoms with Crippen molar-refractivity contribution in [1.82, 2.24) is 5.32 Å². The normalized spacial score (nSPS) is 12.8. The van der Waals surface area contributed by atoms with Gasteiger partial charge in [0.15, 0.2) is 9.84 Å². The van der Waals surface area contributed by atoms with E-state index in [9.17, 15) is 13.2 Å². The fourth-order valence-electron chi connectivity index (χ4n) is 2.42. The first-order chi connectivity index (χ1) is 12.2. The number of hydrogen-bond donors (Lipinski definition) is 2. The molecule has 1 atom stereocenters. The van der Waals surface area contributed by atoms with Gasteiger partial charge in [-0.1, -0.05) is 49.7 Å². The molecule has 0 fully saturated rings. The van der Waals surface area contributed by atoms with E-state index in [-0.39, 0.29) is 11.4 Å². The molecule has 0 heterocycles. The maximum Gasteiger partial charge on any atom is 0.235 e. The van der Waals surface area contributed by atoms with Gasteiger partial charge >= 0.3 is 0 Å². The summed E-state index contributed by atoms with van der Waals surface area (Å²) in [5, 5.41) is 3.02. The summed E-state index contributed by atoms with van der Waals surface area (Å²) in [6.45, 7) is 4.38. The van der Waals surface area contributed by atoms with Crippen molar-refractivity contribution >= 4 is 27.3 Å². The van der Waals surface area contributed by atoms with E-state index in [1.54, 1.807) is 0 Å². The molecule has 1 unspecified atom stereocenters. The highest BCUT2D eigenvalue weighted by Gasteiger charge is 2.19. The Kier molecular flexibility index (Phi) is 6.81. The third-order valence-electron chi connectivity index (χ3n) is 4.04. The van der Waals surface area contributed by atoms with E-state index >= 15 is 0 Å². The minimum Gasteiger partial charge on any atom is -0.353 e. The van der Waals surface area contributed by atoms with Gasteiger partial charge < -0.3 is 11.1 Å². The maximum absolute atomic E-state index is 12.2. The second-order valence-corrected chi connectivity index (χ2v) is 8.87. The van der Waals surface area contributed by atoms with Crippen LogP contribution in [-0.4, -0.2) is 26.6 Å². The maximum atomic E-state index is 12.2. The number of amides is 1. The molecule has 1 amide bonds.